The van der Waals surface area contributed by atoms with Crippen LogP contribution in [0.15, 0.2) is 30.9 Å². The van der Waals surface area contributed by atoms with Crippen molar-refractivity contribution >= 4 is 29.0 Å². The summed E-state index contributed by atoms with van der Waals surface area (Å²) in [4.78, 5) is 4.72. The lowest BCUT2D eigenvalue weighted by molar-refractivity contribution is 0.750. The van der Waals surface area contributed by atoms with E-state index in [1.54, 1.807) is 12.1 Å². The van der Waals surface area contributed by atoms with Crippen molar-refractivity contribution in [3.8, 4) is 11.3 Å². The topological polar surface area (TPSA) is 43.8 Å². The first-order valence-corrected chi connectivity index (χ1v) is 7.29. The number of nitrogen functional groups attached to an aromatic ring is 1. The third-order valence-electron chi connectivity index (χ3n) is 3.48. The molecule has 1 aromatic heterocycles. The highest BCUT2D eigenvalue weighted by molar-refractivity contribution is 6.42. The second-order valence-electron chi connectivity index (χ2n) is 5.01. The summed E-state index contributed by atoms with van der Waals surface area (Å²) in [6.45, 7) is 4.46. The normalized spacial score (nSPS) is 14.5. The molecule has 20 heavy (non-hydrogen) atoms. The summed E-state index contributed by atoms with van der Waals surface area (Å²) in [6, 6.07) is 5.46. The number of nitrogens with zero attached hydrogens (tertiary/aromatic N) is 2. The Bertz CT molecular complexity index is 672. The molecule has 1 heterocycles. The summed E-state index contributed by atoms with van der Waals surface area (Å²) in [5.41, 5.74) is 7.91. The van der Waals surface area contributed by atoms with Crippen molar-refractivity contribution in [1.82, 2.24) is 9.55 Å². The van der Waals surface area contributed by atoms with E-state index in [1.807, 2.05) is 16.7 Å². The van der Waals surface area contributed by atoms with Crippen LogP contribution in [0.3, 0.4) is 0 Å². The van der Waals surface area contributed by atoms with E-state index in [4.69, 9.17) is 33.9 Å². The van der Waals surface area contributed by atoms with Gasteiger partial charge in [-0.25, -0.2) is 4.98 Å². The zero-order valence-electron chi connectivity index (χ0n) is 10.9. The van der Waals surface area contributed by atoms with Gasteiger partial charge in [0.05, 0.1) is 10.0 Å². The molecule has 0 bridgehead atoms. The molecule has 1 aliphatic carbocycles. The number of aromatic nitrogens is 2. The Kier molecular flexibility index (Phi) is 3.48. The number of benzene rings is 1. The molecule has 0 radical (unpaired) electrons. The monoisotopic (exact) mass is 307 g/mol. The lowest BCUT2D eigenvalue weighted by atomic mass is 10.1. The quantitative estimate of drug-likeness (QED) is 0.845. The molecule has 0 saturated heterocycles. The summed E-state index contributed by atoms with van der Waals surface area (Å²) < 4.78 is 2.03. The molecule has 2 N–H and O–H groups in total. The lowest BCUT2D eigenvalue weighted by Gasteiger charge is -2.06. The smallest absolute Gasteiger partial charge is 0.132 e. The average molecular weight is 308 g/mol. The number of hydrogen-bond acceptors (Lipinski definition) is 2. The van der Waals surface area contributed by atoms with Gasteiger partial charge in [-0.15, -0.1) is 6.58 Å². The maximum absolute atomic E-state index is 6.25. The second-order valence-corrected chi connectivity index (χ2v) is 5.82. The Balaban J connectivity index is 2.10. The van der Waals surface area contributed by atoms with Crippen LogP contribution in [0.4, 0.5) is 5.82 Å². The average Bonchev–Trinajstić information content (AvgIpc) is 3.21. The van der Waals surface area contributed by atoms with Gasteiger partial charge in [0.15, 0.2) is 0 Å². The predicted molar refractivity (Wildman–Crippen MR) is 84.3 cm³/mol. The first-order valence-electron chi connectivity index (χ1n) is 6.54. The van der Waals surface area contributed by atoms with Crippen LogP contribution in [0.5, 0.6) is 0 Å². The fourth-order valence-corrected chi connectivity index (χ4v) is 2.61. The van der Waals surface area contributed by atoms with Gasteiger partial charge < -0.3 is 10.3 Å². The standard InChI is InChI=1S/C15H15Cl2N3/c1-2-7-20-14(18)13(19-15(20)9-3-4-9)10-5-6-11(16)12(17)8-10/h2,5-6,8-9H,1,3-4,7,18H2. The molecule has 3 rings (SSSR count). The van der Waals surface area contributed by atoms with Gasteiger partial charge in [-0.05, 0) is 25.0 Å². The number of imidazole rings is 1. The van der Waals surface area contributed by atoms with Gasteiger partial charge in [-0.1, -0.05) is 35.3 Å². The van der Waals surface area contributed by atoms with Crippen LogP contribution in [-0.4, -0.2) is 9.55 Å². The van der Waals surface area contributed by atoms with Crippen LogP contribution in [0.25, 0.3) is 11.3 Å². The van der Waals surface area contributed by atoms with Crippen LogP contribution in [0, 0.1) is 0 Å². The number of halogens is 2. The zero-order chi connectivity index (χ0) is 14.3. The molecule has 0 unspecified atom stereocenters. The van der Waals surface area contributed by atoms with Crippen LogP contribution in [0.2, 0.25) is 10.0 Å². The van der Waals surface area contributed by atoms with Crippen molar-refractivity contribution in [3.05, 3.63) is 46.7 Å². The van der Waals surface area contributed by atoms with E-state index in [9.17, 15) is 0 Å². The lowest BCUT2D eigenvalue weighted by Crippen LogP contribution is -2.05. The number of rotatable bonds is 4. The molecule has 0 aliphatic heterocycles. The van der Waals surface area contributed by atoms with Crippen molar-refractivity contribution in [1.29, 1.82) is 0 Å². The SMILES string of the molecule is C=CCn1c(C2CC2)nc(-c2ccc(Cl)c(Cl)c2)c1N. The predicted octanol–water partition coefficient (Wildman–Crippen LogP) is 4.50. The Morgan fingerprint density at radius 2 is 2.10 bits per heavy atom. The van der Waals surface area contributed by atoms with E-state index in [0.29, 0.717) is 28.3 Å². The molecule has 0 amide bonds. The molecule has 3 nitrogen and oxygen atoms in total. The number of anilines is 1. The molecule has 104 valence electrons. The van der Waals surface area contributed by atoms with Crippen molar-refractivity contribution in [2.45, 2.75) is 25.3 Å². The van der Waals surface area contributed by atoms with Crippen molar-refractivity contribution < 1.29 is 0 Å². The third-order valence-corrected chi connectivity index (χ3v) is 4.22. The Morgan fingerprint density at radius 3 is 2.70 bits per heavy atom. The van der Waals surface area contributed by atoms with Gasteiger partial charge in [0, 0.05) is 18.0 Å². The summed E-state index contributed by atoms with van der Waals surface area (Å²) >= 11 is 12.0. The van der Waals surface area contributed by atoms with Crippen LogP contribution in [0.1, 0.15) is 24.6 Å². The van der Waals surface area contributed by atoms with Crippen molar-refractivity contribution in [2.75, 3.05) is 5.73 Å². The highest BCUT2D eigenvalue weighted by Crippen LogP contribution is 2.42. The van der Waals surface area contributed by atoms with E-state index >= 15 is 0 Å². The maximum Gasteiger partial charge on any atom is 0.132 e. The molecule has 1 aromatic carbocycles. The minimum atomic E-state index is 0.509. The molecule has 2 aromatic rings. The Labute approximate surface area is 128 Å². The number of nitrogens with two attached hydrogens (primary N) is 1. The first-order chi connectivity index (χ1) is 9.61. The fraction of sp³-hybridized carbons (Fsp3) is 0.267. The van der Waals surface area contributed by atoms with Gasteiger partial charge in [0.25, 0.3) is 0 Å². The molecule has 0 atom stereocenters. The van der Waals surface area contributed by atoms with Crippen LogP contribution >= 0.6 is 23.2 Å². The highest BCUT2D eigenvalue weighted by atomic mass is 35.5. The molecule has 1 fully saturated rings. The number of hydrogen-bond donors (Lipinski definition) is 1. The summed E-state index contributed by atoms with van der Waals surface area (Å²) in [5, 5.41) is 1.04. The number of allylic oxidation sites excluding steroid dienone is 1. The van der Waals surface area contributed by atoms with Crippen LogP contribution in [-0.2, 0) is 6.54 Å². The largest absolute Gasteiger partial charge is 0.383 e. The van der Waals surface area contributed by atoms with E-state index in [-0.39, 0.29) is 0 Å². The van der Waals surface area contributed by atoms with Gasteiger partial charge in [0.1, 0.15) is 17.3 Å². The highest BCUT2D eigenvalue weighted by Gasteiger charge is 2.30. The van der Waals surface area contributed by atoms with Crippen molar-refractivity contribution in [2.24, 2.45) is 0 Å². The van der Waals surface area contributed by atoms with Gasteiger partial charge >= 0.3 is 0 Å². The maximum atomic E-state index is 6.25. The van der Waals surface area contributed by atoms with E-state index < -0.39 is 0 Å². The molecule has 1 saturated carbocycles. The van der Waals surface area contributed by atoms with Gasteiger partial charge in [-0.3, -0.25) is 0 Å². The summed E-state index contributed by atoms with van der Waals surface area (Å²) in [6.07, 6.45) is 4.19. The Hall–Kier alpha value is -1.45. The third kappa shape index (κ3) is 2.32. The molecule has 0 spiro atoms. The van der Waals surface area contributed by atoms with Crippen LogP contribution < -0.4 is 5.73 Å². The Morgan fingerprint density at radius 1 is 1.35 bits per heavy atom. The van der Waals surface area contributed by atoms with E-state index in [0.717, 1.165) is 17.1 Å². The van der Waals surface area contributed by atoms with E-state index in [1.165, 1.54) is 12.8 Å². The molecular weight excluding hydrogens is 293 g/mol. The summed E-state index contributed by atoms with van der Waals surface area (Å²) in [7, 11) is 0. The van der Waals surface area contributed by atoms with E-state index in [2.05, 4.69) is 6.58 Å². The summed E-state index contributed by atoms with van der Waals surface area (Å²) in [5.74, 6) is 2.22. The minimum absolute atomic E-state index is 0.509. The molecule has 5 heteroatoms. The fourth-order valence-electron chi connectivity index (χ4n) is 2.31. The van der Waals surface area contributed by atoms with Crippen molar-refractivity contribution in [3.63, 3.8) is 0 Å². The molecule has 1 aliphatic rings. The minimum Gasteiger partial charge on any atom is -0.383 e. The zero-order valence-corrected chi connectivity index (χ0v) is 12.5. The second kappa shape index (κ2) is 5.15. The van der Waals surface area contributed by atoms with Gasteiger partial charge in [0.2, 0.25) is 0 Å². The van der Waals surface area contributed by atoms with Gasteiger partial charge in [-0.2, -0.15) is 0 Å². The molecular formula is C15H15Cl2N3. The first kappa shape index (κ1) is 13.5.